The van der Waals surface area contributed by atoms with E-state index >= 15 is 0 Å². The van der Waals surface area contributed by atoms with E-state index in [1.165, 1.54) is 0 Å². The molecule has 0 radical (unpaired) electrons. The van der Waals surface area contributed by atoms with Crippen LogP contribution in [0.25, 0.3) is 10.2 Å². The lowest BCUT2D eigenvalue weighted by atomic mass is 10.3. The molecule has 1 atom stereocenters. The van der Waals surface area contributed by atoms with Gasteiger partial charge in [-0.05, 0) is 19.9 Å². The van der Waals surface area contributed by atoms with E-state index in [-0.39, 0.29) is 12.1 Å². The SMILES string of the molecule is C#CC(C)Oc1nc(N)nc2sc(C)cc12. The van der Waals surface area contributed by atoms with E-state index in [1.807, 2.05) is 13.0 Å². The summed E-state index contributed by atoms with van der Waals surface area (Å²) in [6.07, 6.45) is 4.92. The van der Waals surface area contributed by atoms with Gasteiger partial charge < -0.3 is 10.5 Å². The van der Waals surface area contributed by atoms with Gasteiger partial charge >= 0.3 is 0 Å². The Labute approximate surface area is 97.5 Å². The van der Waals surface area contributed by atoms with Gasteiger partial charge in [0.1, 0.15) is 4.83 Å². The van der Waals surface area contributed by atoms with Crippen molar-refractivity contribution in [3.05, 3.63) is 10.9 Å². The van der Waals surface area contributed by atoms with Gasteiger partial charge in [0.15, 0.2) is 6.10 Å². The van der Waals surface area contributed by atoms with Crippen molar-refractivity contribution in [2.75, 3.05) is 5.73 Å². The summed E-state index contributed by atoms with van der Waals surface area (Å²) in [6, 6.07) is 1.97. The summed E-state index contributed by atoms with van der Waals surface area (Å²) in [5.41, 5.74) is 5.60. The highest BCUT2D eigenvalue weighted by Crippen LogP contribution is 2.30. The monoisotopic (exact) mass is 233 g/mol. The molecule has 82 valence electrons. The highest BCUT2D eigenvalue weighted by atomic mass is 32.1. The fraction of sp³-hybridized carbons (Fsp3) is 0.273. The van der Waals surface area contributed by atoms with E-state index in [0.717, 1.165) is 15.1 Å². The second-order valence-corrected chi connectivity index (χ2v) is 4.62. The van der Waals surface area contributed by atoms with Crippen molar-refractivity contribution in [2.45, 2.75) is 20.0 Å². The second-order valence-electron chi connectivity index (χ2n) is 3.39. The maximum atomic E-state index is 5.60. The minimum atomic E-state index is -0.335. The number of nitrogens with two attached hydrogens (primary N) is 1. The molecule has 0 saturated carbocycles. The van der Waals surface area contributed by atoms with Gasteiger partial charge in [0.2, 0.25) is 11.8 Å². The molecule has 0 aromatic carbocycles. The molecule has 0 amide bonds. The van der Waals surface area contributed by atoms with Gasteiger partial charge in [-0.25, -0.2) is 4.98 Å². The number of fused-ring (bicyclic) bond motifs is 1. The summed E-state index contributed by atoms with van der Waals surface area (Å²) in [7, 11) is 0. The zero-order chi connectivity index (χ0) is 11.7. The van der Waals surface area contributed by atoms with Crippen molar-refractivity contribution in [1.29, 1.82) is 0 Å². The van der Waals surface area contributed by atoms with Crippen molar-refractivity contribution in [3.63, 3.8) is 0 Å². The van der Waals surface area contributed by atoms with Crippen LogP contribution in [0.15, 0.2) is 6.07 Å². The fourth-order valence-corrected chi connectivity index (χ4v) is 2.20. The predicted octanol–water partition coefficient (Wildman–Crippen LogP) is 1.98. The van der Waals surface area contributed by atoms with Crippen LogP contribution in [-0.2, 0) is 0 Å². The average molecular weight is 233 g/mol. The number of aromatic nitrogens is 2. The van der Waals surface area contributed by atoms with Gasteiger partial charge in [-0.1, -0.05) is 5.92 Å². The van der Waals surface area contributed by atoms with Crippen molar-refractivity contribution in [1.82, 2.24) is 9.97 Å². The molecule has 4 nitrogen and oxygen atoms in total. The maximum Gasteiger partial charge on any atom is 0.228 e. The summed E-state index contributed by atoms with van der Waals surface area (Å²) in [5, 5.41) is 0.860. The minimum Gasteiger partial charge on any atom is -0.461 e. The molecule has 2 aromatic heterocycles. The van der Waals surface area contributed by atoms with Crippen LogP contribution >= 0.6 is 11.3 Å². The first-order valence-electron chi connectivity index (χ1n) is 4.76. The van der Waals surface area contributed by atoms with Crippen LogP contribution in [0.5, 0.6) is 5.88 Å². The Kier molecular flexibility index (Phi) is 2.67. The first-order valence-corrected chi connectivity index (χ1v) is 5.58. The minimum absolute atomic E-state index is 0.202. The number of nitrogens with zero attached hydrogens (tertiary/aromatic N) is 2. The van der Waals surface area contributed by atoms with E-state index in [0.29, 0.717) is 5.88 Å². The van der Waals surface area contributed by atoms with Gasteiger partial charge in [-0.15, -0.1) is 17.8 Å². The number of hydrogen-bond donors (Lipinski definition) is 1. The van der Waals surface area contributed by atoms with Crippen LogP contribution in [0.4, 0.5) is 5.95 Å². The molecule has 0 fully saturated rings. The number of ether oxygens (including phenoxy) is 1. The average Bonchev–Trinajstić information content (AvgIpc) is 2.58. The molecule has 0 spiro atoms. The molecule has 0 saturated heterocycles. The predicted molar refractivity (Wildman–Crippen MR) is 65.5 cm³/mol. The summed E-state index contributed by atoms with van der Waals surface area (Å²) in [6.45, 7) is 3.78. The van der Waals surface area contributed by atoms with Crippen molar-refractivity contribution >= 4 is 27.5 Å². The Balaban J connectivity index is 2.54. The van der Waals surface area contributed by atoms with Gasteiger partial charge in [-0.2, -0.15) is 4.98 Å². The topological polar surface area (TPSA) is 61.0 Å². The zero-order valence-electron chi connectivity index (χ0n) is 9.02. The van der Waals surface area contributed by atoms with Crippen LogP contribution in [0.1, 0.15) is 11.8 Å². The van der Waals surface area contributed by atoms with Crippen LogP contribution in [-0.4, -0.2) is 16.1 Å². The van der Waals surface area contributed by atoms with E-state index in [4.69, 9.17) is 16.9 Å². The van der Waals surface area contributed by atoms with Crippen LogP contribution < -0.4 is 10.5 Å². The standard InChI is InChI=1S/C11H11N3OS/c1-4-6(2)15-9-8-5-7(3)16-10(8)14-11(12)13-9/h1,5-6H,2-3H3,(H2,12,13,14). The second kappa shape index (κ2) is 3.99. The quantitative estimate of drug-likeness (QED) is 0.806. The smallest absolute Gasteiger partial charge is 0.228 e. The molecule has 2 N–H and O–H groups in total. The summed E-state index contributed by atoms with van der Waals surface area (Å²) < 4.78 is 5.51. The molecule has 1 unspecified atom stereocenters. The Morgan fingerprint density at radius 2 is 2.31 bits per heavy atom. The molecular formula is C11H11N3OS. The summed E-state index contributed by atoms with van der Waals surface area (Å²) in [5.74, 6) is 3.14. The number of nitrogen functional groups attached to an aromatic ring is 1. The van der Waals surface area contributed by atoms with E-state index in [9.17, 15) is 0 Å². The van der Waals surface area contributed by atoms with Crippen molar-refractivity contribution in [2.24, 2.45) is 0 Å². The lowest BCUT2D eigenvalue weighted by Gasteiger charge is -2.08. The normalized spacial score (nSPS) is 12.3. The largest absolute Gasteiger partial charge is 0.461 e. The summed E-state index contributed by atoms with van der Waals surface area (Å²) >= 11 is 1.55. The Morgan fingerprint density at radius 1 is 1.56 bits per heavy atom. The van der Waals surface area contributed by atoms with Crippen LogP contribution in [0, 0.1) is 19.3 Å². The third-order valence-electron chi connectivity index (χ3n) is 2.02. The highest BCUT2D eigenvalue weighted by molar-refractivity contribution is 7.18. The zero-order valence-corrected chi connectivity index (χ0v) is 9.84. The Bertz CT molecular complexity index is 570. The van der Waals surface area contributed by atoms with Gasteiger partial charge in [0.25, 0.3) is 0 Å². The molecule has 2 aromatic rings. The maximum absolute atomic E-state index is 5.60. The molecule has 2 rings (SSSR count). The van der Waals surface area contributed by atoms with E-state index in [2.05, 4.69) is 15.9 Å². The molecule has 16 heavy (non-hydrogen) atoms. The van der Waals surface area contributed by atoms with Crippen molar-refractivity contribution in [3.8, 4) is 18.2 Å². The first kappa shape index (κ1) is 10.7. The number of aryl methyl sites for hydroxylation is 1. The number of thiophene rings is 1. The van der Waals surface area contributed by atoms with Crippen LogP contribution in [0.3, 0.4) is 0 Å². The Hall–Kier alpha value is -1.80. The third kappa shape index (κ3) is 1.92. The first-order chi connectivity index (χ1) is 7.60. The van der Waals surface area contributed by atoms with E-state index in [1.54, 1.807) is 18.3 Å². The molecule has 2 heterocycles. The third-order valence-corrected chi connectivity index (χ3v) is 2.97. The van der Waals surface area contributed by atoms with Gasteiger partial charge in [0.05, 0.1) is 5.39 Å². The number of anilines is 1. The molecule has 0 aliphatic heterocycles. The Morgan fingerprint density at radius 3 is 3.00 bits per heavy atom. The lowest BCUT2D eigenvalue weighted by molar-refractivity contribution is 0.272. The number of hydrogen-bond acceptors (Lipinski definition) is 5. The molecule has 5 heteroatoms. The van der Waals surface area contributed by atoms with Gasteiger partial charge in [0, 0.05) is 4.88 Å². The number of rotatable bonds is 2. The van der Waals surface area contributed by atoms with Gasteiger partial charge in [-0.3, -0.25) is 0 Å². The molecule has 0 bridgehead atoms. The fourth-order valence-electron chi connectivity index (χ4n) is 1.32. The van der Waals surface area contributed by atoms with Crippen LogP contribution in [0.2, 0.25) is 0 Å². The summed E-state index contributed by atoms with van der Waals surface area (Å²) in [4.78, 5) is 10.2. The molecule has 0 aliphatic carbocycles. The van der Waals surface area contributed by atoms with Crippen molar-refractivity contribution < 1.29 is 4.74 Å². The molecular weight excluding hydrogens is 222 g/mol. The van der Waals surface area contributed by atoms with E-state index < -0.39 is 0 Å². The molecule has 0 aliphatic rings. The number of terminal acetylenes is 1. The highest BCUT2D eigenvalue weighted by Gasteiger charge is 2.12. The lowest BCUT2D eigenvalue weighted by Crippen LogP contribution is -2.10.